The van der Waals surface area contributed by atoms with Gasteiger partial charge in [0.15, 0.2) is 6.61 Å². The van der Waals surface area contributed by atoms with Crippen LogP contribution >= 0.6 is 11.3 Å². The van der Waals surface area contributed by atoms with E-state index in [1.807, 2.05) is 25.3 Å². The fourth-order valence-electron chi connectivity index (χ4n) is 3.79. The van der Waals surface area contributed by atoms with Gasteiger partial charge >= 0.3 is 5.97 Å². The van der Waals surface area contributed by atoms with Gasteiger partial charge in [-0.2, -0.15) is 4.31 Å². The van der Waals surface area contributed by atoms with E-state index in [0.29, 0.717) is 18.5 Å². The molecular weight excluding hydrogens is 474 g/mol. The van der Waals surface area contributed by atoms with E-state index in [9.17, 15) is 18.0 Å². The van der Waals surface area contributed by atoms with Crippen LogP contribution in [-0.4, -0.2) is 48.8 Å². The van der Waals surface area contributed by atoms with Crippen molar-refractivity contribution in [3.05, 3.63) is 64.5 Å². The fourth-order valence-corrected chi connectivity index (χ4v) is 6.06. The van der Waals surface area contributed by atoms with Crippen molar-refractivity contribution in [2.45, 2.75) is 37.6 Å². The highest BCUT2D eigenvalue weighted by Gasteiger charge is 2.40. The summed E-state index contributed by atoms with van der Waals surface area (Å²) in [5.41, 5.74) is 3.17. The molecule has 0 saturated carbocycles. The molecule has 178 valence electrons. The Morgan fingerprint density at radius 3 is 2.65 bits per heavy atom. The van der Waals surface area contributed by atoms with Crippen LogP contribution in [0.1, 0.15) is 23.4 Å². The van der Waals surface area contributed by atoms with Gasteiger partial charge in [-0.15, -0.1) is 11.3 Å². The first-order valence-electron chi connectivity index (χ1n) is 10.8. The van der Waals surface area contributed by atoms with E-state index >= 15 is 0 Å². The minimum absolute atomic E-state index is 0.130. The number of hydrogen-bond donors (Lipinski definition) is 1. The Bertz CT molecular complexity index is 1300. The van der Waals surface area contributed by atoms with Gasteiger partial charge in [-0.25, -0.2) is 13.4 Å². The van der Waals surface area contributed by atoms with Gasteiger partial charge in [0.05, 0.1) is 15.6 Å². The molecule has 1 aliphatic rings. The molecule has 2 aromatic carbocycles. The normalized spacial score (nSPS) is 16.4. The molecule has 2 heterocycles. The first-order chi connectivity index (χ1) is 16.2. The number of carbonyl (C=O) groups is 2. The molecule has 1 N–H and O–H groups in total. The molecule has 1 aromatic heterocycles. The molecule has 0 bridgehead atoms. The summed E-state index contributed by atoms with van der Waals surface area (Å²) in [5.74, 6) is -1.24. The molecule has 1 fully saturated rings. The molecule has 1 unspecified atom stereocenters. The number of nitrogens with zero attached hydrogens (tertiary/aromatic N) is 2. The molecule has 1 aliphatic heterocycles. The van der Waals surface area contributed by atoms with E-state index in [-0.39, 0.29) is 11.4 Å². The number of ether oxygens (including phenoxy) is 1. The Morgan fingerprint density at radius 1 is 1.18 bits per heavy atom. The summed E-state index contributed by atoms with van der Waals surface area (Å²) in [5, 5.41) is 5.59. The van der Waals surface area contributed by atoms with Crippen LogP contribution in [0.2, 0.25) is 0 Å². The number of nitrogens with one attached hydrogen (secondary N) is 1. The number of hydrogen-bond acceptors (Lipinski definition) is 7. The predicted molar refractivity (Wildman–Crippen MR) is 130 cm³/mol. The molecule has 4 rings (SSSR count). The lowest BCUT2D eigenvalue weighted by Crippen LogP contribution is -2.42. The number of anilines is 1. The van der Waals surface area contributed by atoms with Gasteiger partial charge < -0.3 is 10.1 Å². The van der Waals surface area contributed by atoms with Crippen molar-refractivity contribution in [3.63, 3.8) is 0 Å². The third kappa shape index (κ3) is 5.35. The summed E-state index contributed by atoms with van der Waals surface area (Å²) in [6, 6.07) is 12.8. The smallest absolute Gasteiger partial charge is 0.324 e. The molecular formula is C24H25N3O5S2. The topological polar surface area (TPSA) is 106 Å². The average molecular weight is 500 g/mol. The number of benzene rings is 2. The van der Waals surface area contributed by atoms with Crippen molar-refractivity contribution >= 4 is 38.9 Å². The number of esters is 1. The van der Waals surface area contributed by atoms with Crippen LogP contribution in [0.5, 0.6) is 0 Å². The van der Waals surface area contributed by atoms with Gasteiger partial charge in [-0.05, 0) is 51.0 Å². The maximum absolute atomic E-state index is 13.0. The van der Waals surface area contributed by atoms with Crippen LogP contribution in [0.3, 0.4) is 0 Å². The molecule has 10 heteroatoms. The Morgan fingerprint density at radius 2 is 1.94 bits per heavy atom. The molecule has 34 heavy (non-hydrogen) atoms. The minimum Gasteiger partial charge on any atom is -0.454 e. The predicted octanol–water partition coefficient (Wildman–Crippen LogP) is 3.76. The number of carbonyl (C=O) groups excluding carboxylic acids is 2. The van der Waals surface area contributed by atoms with Gasteiger partial charge in [0, 0.05) is 23.2 Å². The Balaban J connectivity index is 1.36. The number of sulfonamides is 1. The number of rotatable bonds is 7. The van der Waals surface area contributed by atoms with Crippen molar-refractivity contribution in [2.24, 2.45) is 0 Å². The molecule has 1 atom stereocenters. The van der Waals surface area contributed by atoms with E-state index in [1.54, 1.807) is 41.7 Å². The van der Waals surface area contributed by atoms with E-state index in [2.05, 4.69) is 10.3 Å². The molecule has 0 radical (unpaired) electrons. The standard InChI is InChI=1S/C24H25N3O5S2/c1-16-8-10-20(11-9-16)34(30,31)27-12-4-7-22(27)24(29)32-14-23(28)26-19-6-3-5-18(13-19)21-15-33-17(2)25-21/h3,5-6,8-11,13,15,22H,4,7,12,14H2,1-2H3,(H,26,28). The fraction of sp³-hybridized carbons (Fsp3) is 0.292. The van der Waals surface area contributed by atoms with Gasteiger partial charge in [0.25, 0.3) is 5.91 Å². The summed E-state index contributed by atoms with van der Waals surface area (Å²) >= 11 is 1.54. The SMILES string of the molecule is Cc1ccc(S(=O)(=O)N2CCCC2C(=O)OCC(=O)Nc2cccc(-c3csc(C)n3)c2)cc1. The van der Waals surface area contributed by atoms with Crippen LogP contribution in [0, 0.1) is 13.8 Å². The monoisotopic (exact) mass is 499 g/mol. The Labute approximate surface area is 202 Å². The number of thiazole rings is 1. The summed E-state index contributed by atoms with van der Waals surface area (Å²) < 4.78 is 32.4. The number of amides is 1. The van der Waals surface area contributed by atoms with Crippen LogP contribution in [-0.2, 0) is 24.3 Å². The van der Waals surface area contributed by atoms with Gasteiger partial charge in [-0.1, -0.05) is 29.8 Å². The van der Waals surface area contributed by atoms with Crippen molar-refractivity contribution < 1.29 is 22.7 Å². The zero-order valence-electron chi connectivity index (χ0n) is 18.9. The summed E-state index contributed by atoms with van der Waals surface area (Å²) in [7, 11) is -3.84. The zero-order valence-corrected chi connectivity index (χ0v) is 20.5. The lowest BCUT2D eigenvalue weighted by molar-refractivity contribution is -0.150. The van der Waals surface area contributed by atoms with Crippen LogP contribution in [0.15, 0.2) is 58.8 Å². The molecule has 0 spiro atoms. The molecule has 1 amide bonds. The minimum atomic E-state index is -3.84. The number of aromatic nitrogens is 1. The second kappa shape index (κ2) is 10.0. The van der Waals surface area contributed by atoms with Crippen molar-refractivity contribution in [3.8, 4) is 11.3 Å². The van der Waals surface area contributed by atoms with Crippen molar-refractivity contribution in [2.75, 3.05) is 18.5 Å². The summed E-state index contributed by atoms with van der Waals surface area (Å²) in [6.45, 7) is 3.51. The van der Waals surface area contributed by atoms with E-state index in [1.165, 1.54) is 12.1 Å². The molecule has 1 saturated heterocycles. The Kier molecular flexibility index (Phi) is 7.11. The first kappa shape index (κ1) is 24.1. The van der Waals surface area contributed by atoms with E-state index in [0.717, 1.165) is 26.1 Å². The maximum Gasteiger partial charge on any atom is 0.324 e. The molecule has 8 nitrogen and oxygen atoms in total. The van der Waals surface area contributed by atoms with E-state index < -0.39 is 34.5 Å². The van der Waals surface area contributed by atoms with Crippen molar-refractivity contribution in [1.29, 1.82) is 0 Å². The highest BCUT2D eigenvalue weighted by molar-refractivity contribution is 7.89. The maximum atomic E-state index is 13.0. The molecule has 0 aliphatic carbocycles. The van der Waals surface area contributed by atoms with Crippen LogP contribution < -0.4 is 5.32 Å². The third-order valence-electron chi connectivity index (χ3n) is 5.51. The molecule has 3 aromatic rings. The second-order valence-electron chi connectivity index (χ2n) is 8.08. The highest BCUT2D eigenvalue weighted by Crippen LogP contribution is 2.27. The van der Waals surface area contributed by atoms with Crippen LogP contribution in [0.25, 0.3) is 11.3 Å². The first-order valence-corrected chi connectivity index (χ1v) is 13.1. The zero-order chi connectivity index (χ0) is 24.3. The third-order valence-corrected chi connectivity index (χ3v) is 8.21. The lowest BCUT2D eigenvalue weighted by Gasteiger charge is -2.22. The highest BCUT2D eigenvalue weighted by atomic mass is 32.2. The quantitative estimate of drug-likeness (QED) is 0.496. The van der Waals surface area contributed by atoms with Gasteiger partial charge in [0.2, 0.25) is 10.0 Å². The Hall–Kier alpha value is -3.08. The van der Waals surface area contributed by atoms with Gasteiger partial charge in [0.1, 0.15) is 6.04 Å². The van der Waals surface area contributed by atoms with Crippen LogP contribution in [0.4, 0.5) is 5.69 Å². The number of aryl methyl sites for hydroxylation is 2. The van der Waals surface area contributed by atoms with E-state index in [4.69, 9.17) is 4.74 Å². The van der Waals surface area contributed by atoms with Crippen molar-refractivity contribution in [1.82, 2.24) is 9.29 Å². The average Bonchev–Trinajstić information content (AvgIpc) is 3.48. The second-order valence-corrected chi connectivity index (χ2v) is 11.0. The largest absolute Gasteiger partial charge is 0.454 e. The van der Waals surface area contributed by atoms with Gasteiger partial charge in [-0.3, -0.25) is 9.59 Å². The summed E-state index contributed by atoms with van der Waals surface area (Å²) in [6.07, 6.45) is 0.889. The summed E-state index contributed by atoms with van der Waals surface area (Å²) in [4.78, 5) is 29.6. The lowest BCUT2D eigenvalue weighted by atomic mass is 10.1.